The van der Waals surface area contributed by atoms with Crippen LogP contribution in [0.5, 0.6) is 0 Å². The maximum atomic E-state index is 11.7. The molecule has 0 radical (unpaired) electrons. The van der Waals surface area contributed by atoms with E-state index in [0.29, 0.717) is 0 Å². The number of hydrogen-bond acceptors (Lipinski definition) is 3. The van der Waals surface area contributed by atoms with E-state index in [9.17, 15) is 9.59 Å². The van der Waals surface area contributed by atoms with Crippen molar-refractivity contribution in [3.8, 4) is 0 Å². The molecule has 0 aromatic heterocycles. The fourth-order valence-corrected chi connectivity index (χ4v) is 2.34. The SMILES string of the molecule is CC1(C)CCCC1NC(=O)N[C@@H](CCO)C(=O)O. The van der Waals surface area contributed by atoms with Crippen molar-refractivity contribution >= 4 is 12.0 Å². The molecular weight excluding hydrogens is 236 g/mol. The molecule has 1 saturated carbocycles. The van der Waals surface area contributed by atoms with Gasteiger partial charge in [-0.25, -0.2) is 9.59 Å². The minimum Gasteiger partial charge on any atom is -0.480 e. The second-order valence-electron chi connectivity index (χ2n) is 5.45. The number of carbonyl (C=O) groups excluding carboxylic acids is 1. The Morgan fingerprint density at radius 1 is 1.44 bits per heavy atom. The second kappa shape index (κ2) is 6.04. The maximum absolute atomic E-state index is 11.7. The van der Waals surface area contributed by atoms with Crippen molar-refractivity contribution in [1.82, 2.24) is 10.6 Å². The van der Waals surface area contributed by atoms with Crippen LogP contribution in [0.4, 0.5) is 4.79 Å². The number of carbonyl (C=O) groups is 2. The standard InChI is InChI=1S/C12H22N2O4/c1-12(2)6-3-4-9(12)14-11(18)13-8(5-7-15)10(16)17/h8-9,15H,3-7H2,1-2H3,(H,16,17)(H2,13,14,18)/t8-,9?/m0/s1. The second-order valence-corrected chi connectivity index (χ2v) is 5.45. The number of nitrogens with one attached hydrogen (secondary N) is 2. The summed E-state index contributed by atoms with van der Waals surface area (Å²) >= 11 is 0. The van der Waals surface area contributed by atoms with Crippen LogP contribution in [-0.2, 0) is 4.79 Å². The highest BCUT2D eigenvalue weighted by atomic mass is 16.4. The van der Waals surface area contributed by atoms with Gasteiger partial charge >= 0.3 is 12.0 Å². The van der Waals surface area contributed by atoms with Gasteiger partial charge in [-0.1, -0.05) is 20.3 Å². The van der Waals surface area contributed by atoms with Crippen molar-refractivity contribution in [3.63, 3.8) is 0 Å². The van der Waals surface area contributed by atoms with Crippen molar-refractivity contribution in [2.75, 3.05) is 6.61 Å². The summed E-state index contributed by atoms with van der Waals surface area (Å²) in [4.78, 5) is 22.5. The third-order valence-electron chi connectivity index (χ3n) is 3.58. The number of amides is 2. The molecule has 1 unspecified atom stereocenters. The molecular formula is C12H22N2O4. The maximum Gasteiger partial charge on any atom is 0.326 e. The van der Waals surface area contributed by atoms with Crippen LogP contribution in [0.2, 0.25) is 0 Å². The minimum atomic E-state index is -1.13. The van der Waals surface area contributed by atoms with E-state index in [0.717, 1.165) is 19.3 Å². The first-order valence-electron chi connectivity index (χ1n) is 6.27. The number of carboxylic acids is 1. The summed E-state index contributed by atoms with van der Waals surface area (Å²) in [6.45, 7) is 3.91. The van der Waals surface area contributed by atoms with Gasteiger partial charge < -0.3 is 20.8 Å². The first-order chi connectivity index (χ1) is 8.36. The van der Waals surface area contributed by atoms with Crippen molar-refractivity contribution in [2.45, 2.75) is 51.6 Å². The molecule has 0 aliphatic heterocycles. The Labute approximate surface area is 107 Å². The lowest BCUT2D eigenvalue weighted by atomic mass is 9.87. The van der Waals surface area contributed by atoms with E-state index in [4.69, 9.17) is 10.2 Å². The van der Waals surface area contributed by atoms with Gasteiger partial charge in [-0.3, -0.25) is 0 Å². The highest BCUT2D eigenvalue weighted by Crippen LogP contribution is 2.37. The van der Waals surface area contributed by atoms with Gasteiger partial charge in [0.25, 0.3) is 0 Å². The van der Waals surface area contributed by atoms with E-state index < -0.39 is 18.0 Å². The molecule has 1 aliphatic carbocycles. The molecule has 0 heterocycles. The summed E-state index contributed by atoms with van der Waals surface area (Å²) in [6.07, 6.45) is 3.04. The topological polar surface area (TPSA) is 98.7 Å². The zero-order valence-corrected chi connectivity index (χ0v) is 10.9. The summed E-state index contributed by atoms with van der Waals surface area (Å²) in [5, 5.41) is 22.8. The van der Waals surface area contributed by atoms with E-state index in [1.807, 2.05) is 0 Å². The van der Waals surface area contributed by atoms with Gasteiger partial charge in [0.1, 0.15) is 6.04 Å². The molecule has 1 fully saturated rings. The molecule has 6 nitrogen and oxygen atoms in total. The number of aliphatic hydroxyl groups excluding tert-OH is 1. The molecule has 1 aliphatic rings. The fraction of sp³-hybridized carbons (Fsp3) is 0.833. The fourth-order valence-electron chi connectivity index (χ4n) is 2.34. The molecule has 2 atom stereocenters. The van der Waals surface area contributed by atoms with Gasteiger partial charge in [-0.15, -0.1) is 0 Å². The first kappa shape index (κ1) is 14.8. The quantitative estimate of drug-likeness (QED) is 0.583. The molecule has 1 rings (SSSR count). The van der Waals surface area contributed by atoms with E-state index in [1.54, 1.807) is 0 Å². The van der Waals surface area contributed by atoms with E-state index >= 15 is 0 Å². The van der Waals surface area contributed by atoms with Gasteiger partial charge in [0.15, 0.2) is 0 Å². The average Bonchev–Trinajstić information content (AvgIpc) is 2.57. The third kappa shape index (κ3) is 3.87. The molecule has 18 heavy (non-hydrogen) atoms. The van der Waals surface area contributed by atoms with Gasteiger partial charge in [0.2, 0.25) is 0 Å². The van der Waals surface area contributed by atoms with Crippen molar-refractivity contribution in [1.29, 1.82) is 0 Å². The number of aliphatic carboxylic acids is 1. The van der Waals surface area contributed by atoms with Gasteiger partial charge in [-0.05, 0) is 18.3 Å². The molecule has 0 bridgehead atoms. The highest BCUT2D eigenvalue weighted by molar-refractivity contribution is 5.82. The smallest absolute Gasteiger partial charge is 0.326 e. The molecule has 0 saturated heterocycles. The van der Waals surface area contributed by atoms with Crippen LogP contribution < -0.4 is 10.6 Å². The number of hydrogen-bond donors (Lipinski definition) is 4. The largest absolute Gasteiger partial charge is 0.480 e. The minimum absolute atomic E-state index is 0.0107. The molecule has 0 spiro atoms. The van der Waals surface area contributed by atoms with Crippen LogP contribution >= 0.6 is 0 Å². The first-order valence-corrected chi connectivity index (χ1v) is 6.27. The molecule has 0 aromatic rings. The Kier molecular flexibility index (Phi) is 4.95. The summed E-state index contributed by atoms with van der Waals surface area (Å²) < 4.78 is 0. The van der Waals surface area contributed by atoms with Crippen LogP contribution in [-0.4, -0.2) is 40.9 Å². The van der Waals surface area contributed by atoms with E-state index in [2.05, 4.69) is 24.5 Å². The van der Waals surface area contributed by atoms with Crippen LogP contribution in [0.25, 0.3) is 0 Å². The molecule has 0 aromatic carbocycles. The van der Waals surface area contributed by atoms with Crippen molar-refractivity contribution in [3.05, 3.63) is 0 Å². The van der Waals surface area contributed by atoms with Crippen molar-refractivity contribution < 1.29 is 19.8 Å². The van der Waals surface area contributed by atoms with Crippen LogP contribution in [0.1, 0.15) is 39.5 Å². The van der Waals surface area contributed by atoms with Gasteiger partial charge in [-0.2, -0.15) is 0 Å². The van der Waals surface area contributed by atoms with Crippen molar-refractivity contribution in [2.24, 2.45) is 5.41 Å². The Bertz CT molecular complexity index is 317. The lowest BCUT2D eigenvalue weighted by molar-refractivity contribution is -0.139. The summed E-state index contributed by atoms with van der Waals surface area (Å²) in [6, 6.07) is -1.45. The monoisotopic (exact) mass is 258 g/mol. The number of urea groups is 1. The number of aliphatic hydroxyl groups is 1. The lowest BCUT2D eigenvalue weighted by Crippen LogP contribution is -2.51. The summed E-state index contributed by atoms with van der Waals surface area (Å²) in [5.74, 6) is -1.13. The Hall–Kier alpha value is -1.30. The molecule has 104 valence electrons. The van der Waals surface area contributed by atoms with E-state index in [-0.39, 0.29) is 24.5 Å². The molecule has 4 N–H and O–H groups in total. The molecule has 6 heteroatoms. The number of rotatable bonds is 5. The van der Waals surface area contributed by atoms with Crippen LogP contribution in [0, 0.1) is 5.41 Å². The average molecular weight is 258 g/mol. The molecule has 2 amide bonds. The van der Waals surface area contributed by atoms with Crippen LogP contribution in [0.3, 0.4) is 0 Å². The van der Waals surface area contributed by atoms with Crippen LogP contribution in [0.15, 0.2) is 0 Å². The normalized spacial score (nSPS) is 23.4. The zero-order chi connectivity index (χ0) is 13.8. The Balaban J connectivity index is 2.47. The van der Waals surface area contributed by atoms with Gasteiger partial charge in [0.05, 0.1) is 0 Å². The predicted octanol–water partition coefficient (Wildman–Crippen LogP) is 0.700. The lowest BCUT2D eigenvalue weighted by Gasteiger charge is -2.28. The van der Waals surface area contributed by atoms with E-state index in [1.165, 1.54) is 0 Å². The zero-order valence-electron chi connectivity index (χ0n) is 10.9. The van der Waals surface area contributed by atoms with Gasteiger partial charge in [0, 0.05) is 19.1 Å². The number of carboxylic acid groups (broad SMARTS) is 1. The third-order valence-corrected chi connectivity index (χ3v) is 3.58. The highest BCUT2D eigenvalue weighted by Gasteiger charge is 2.35. The summed E-state index contributed by atoms with van der Waals surface area (Å²) in [5.41, 5.74) is 0.0486. The summed E-state index contributed by atoms with van der Waals surface area (Å²) in [7, 11) is 0. The Morgan fingerprint density at radius 3 is 2.56 bits per heavy atom. The predicted molar refractivity (Wildman–Crippen MR) is 66.2 cm³/mol. The Morgan fingerprint density at radius 2 is 2.11 bits per heavy atom.